The number of aromatic nitrogens is 1. The molecule has 0 bridgehead atoms. The SMILES string of the molecule is CC1(C(=O)NCc2cccc(NC(=O)c3ccncc3)c2)Cc2ccccc2C(=O)O1. The number of hydrogen-bond acceptors (Lipinski definition) is 5. The zero-order valence-electron chi connectivity index (χ0n) is 16.9. The van der Waals surface area contributed by atoms with Crippen LogP contribution in [-0.4, -0.2) is 28.4 Å². The van der Waals surface area contributed by atoms with E-state index in [2.05, 4.69) is 15.6 Å². The zero-order chi connectivity index (χ0) is 21.8. The van der Waals surface area contributed by atoms with Crippen molar-refractivity contribution in [3.05, 3.63) is 95.3 Å². The Hall–Kier alpha value is -4.00. The summed E-state index contributed by atoms with van der Waals surface area (Å²) in [6.45, 7) is 1.84. The van der Waals surface area contributed by atoms with Gasteiger partial charge in [0.1, 0.15) is 0 Å². The molecule has 0 saturated carbocycles. The number of fused-ring (bicyclic) bond motifs is 1. The highest BCUT2D eigenvalue weighted by atomic mass is 16.6. The van der Waals surface area contributed by atoms with Crippen LogP contribution in [0.4, 0.5) is 5.69 Å². The highest BCUT2D eigenvalue weighted by Crippen LogP contribution is 2.28. The molecule has 0 aliphatic carbocycles. The number of hydrogen-bond donors (Lipinski definition) is 2. The number of carbonyl (C=O) groups is 3. The lowest BCUT2D eigenvalue weighted by Gasteiger charge is -2.33. The number of nitrogens with zero attached hydrogens (tertiary/aromatic N) is 1. The first-order valence-corrected chi connectivity index (χ1v) is 9.84. The maximum absolute atomic E-state index is 12.8. The molecule has 7 nitrogen and oxygen atoms in total. The van der Waals surface area contributed by atoms with Gasteiger partial charge in [-0.1, -0.05) is 30.3 Å². The summed E-state index contributed by atoms with van der Waals surface area (Å²) in [5.41, 5.74) is 1.91. The molecule has 1 unspecified atom stereocenters. The Morgan fingerprint density at radius 1 is 1.06 bits per heavy atom. The van der Waals surface area contributed by atoms with Crippen LogP contribution >= 0.6 is 0 Å². The average molecular weight is 415 g/mol. The summed E-state index contributed by atoms with van der Waals surface area (Å²) in [5, 5.41) is 5.66. The van der Waals surface area contributed by atoms with Gasteiger partial charge in [-0.3, -0.25) is 14.6 Å². The van der Waals surface area contributed by atoms with Gasteiger partial charge in [0, 0.05) is 36.6 Å². The molecule has 4 rings (SSSR count). The quantitative estimate of drug-likeness (QED) is 0.624. The minimum atomic E-state index is -1.28. The van der Waals surface area contributed by atoms with Crippen molar-refractivity contribution in [3.8, 4) is 0 Å². The standard InChI is InChI=1S/C24H21N3O4/c1-24(14-18-6-2-3-8-20(18)22(29)31-24)23(30)26-15-16-5-4-7-19(13-16)27-21(28)17-9-11-25-12-10-17/h2-13H,14-15H2,1H3,(H,26,30)(H,27,28). The molecule has 1 aliphatic heterocycles. The van der Waals surface area contributed by atoms with Crippen LogP contribution in [0.5, 0.6) is 0 Å². The van der Waals surface area contributed by atoms with Crippen molar-refractivity contribution in [1.29, 1.82) is 0 Å². The van der Waals surface area contributed by atoms with Crippen LogP contribution in [0.25, 0.3) is 0 Å². The molecule has 31 heavy (non-hydrogen) atoms. The predicted octanol–water partition coefficient (Wildman–Crippen LogP) is 3.12. The van der Waals surface area contributed by atoms with E-state index in [1.165, 1.54) is 0 Å². The molecular formula is C24H21N3O4. The number of nitrogens with one attached hydrogen (secondary N) is 2. The molecule has 0 radical (unpaired) electrons. The number of rotatable bonds is 5. The van der Waals surface area contributed by atoms with E-state index >= 15 is 0 Å². The number of carbonyl (C=O) groups excluding carboxylic acids is 3. The van der Waals surface area contributed by atoms with Crippen LogP contribution in [0.15, 0.2) is 73.1 Å². The number of ether oxygens (including phenoxy) is 1. The molecular weight excluding hydrogens is 394 g/mol. The molecule has 0 spiro atoms. The van der Waals surface area contributed by atoms with Gasteiger partial charge in [0.05, 0.1) is 5.56 Å². The Morgan fingerprint density at radius 2 is 1.84 bits per heavy atom. The highest BCUT2D eigenvalue weighted by molar-refractivity contribution is 6.04. The van der Waals surface area contributed by atoms with Crippen molar-refractivity contribution in [3.63, 3.8) is 0 Å². The fourth-order valence-electron chi connectivity index (χ4n) is 3.49. The monoisotopic (exact) mass is 415 g/mol. The lowest BCUT2D eigenvalue weighted by atomic mass is 9.89. The van der Waals surface area contributed by atoms with Gasteiger partial charge in [-0.05, 0) is 48.4 Å². The highest BCUT2D eigenvalue weighted by Gasteiger charge is 2.42. The van der Waals surface area contributed by atoms with Gasteiger partial charge in [-0.15, -0.1) is 0 Å². The maximum atomic E-state index is 12.8. The number of pyridine rings is 1. The lowest BCUT2D eigenvalue weighted by molar-refractivity contribution is -0.139. The van der Waals surface area contributed by atoms with Gasteiger partial charge in [-0.2, -0.15) is 0 Å². The fraction of sp³-hybridized carbons (Fsp3) is 0.167. The second kappa shape index (κ2) is 8.39. The molecule has 156 valence electrons. The van der Waals surface area contributed by atoms with E-state index in [0.717, 1.165) is 11.1 Å². The minimum absolute atomic E-state index is 0.229. The Kier molecular flexibility index (Phi) is 5.49. The minimum Gasteiger partial charge on any atom is -0.445 e. The van der Waals surface area contributed by atoms with E-state index in [9.17, 15) is 14.4 Å². The van der Waals surface area contributed by atoms with Crippen molar-refractivity contribution in [2.24, 2.45) is 0 Å². The van der Waals surface area contributed by atoms with Gasteiger partial charge < -0.3 is 15.4 Å². The summed E-state index contributed by atoms with van der Waals surface area (Å²) in [7, 11) is 0. The van der Waals surface area contributed by atoms with E-state index < -0.39 is 11.6 Å². The summed E-state index contributed by atoms with van der Waals surface area (Å²) in [6, 6.07) is 17.6. The van der Waals surface area contributed by atoms with Crippen molar-refractivity contribution in [1.82, 2.24) is 10.3 Å². The second-order valence-electron chi connectivity index (χ2n) is 7.53. The van der Waals surface area contributed by atoms with Crippen LogP contribution in [0.2, 0.25) is 0 Å². The predicted molar refractivity (Wildman–Crippen MR) is 114 cm³/mol. The van der Waals surface area contributed by atoms with Gasteiger partial charge in [-0.25, -0.2) is 4.79 Å². The van der Waals surface area contributed by atoms with Gasteiger partial charge in [0.2, 0.25) is 0 Å². The van der Waals surface area contributed by atoms with E-state index in [4.69, 9.17) is 4.74 Å². The summed E-state index contributed by atoms with van der Waals surface area (Å²) < 4.78 is 5.46. The third-order valence-corrected chi connectivity index (χ3v) is 5.14. The Labute approximate surface area is 179 Å². The molecule has 2 amide bonds. The molecule has 0 fully saturated rings. The summed E-state index contributed by atoms with van der Waals surface area (Å²) in [4.78, 5) is 41.3. The van der Waals surface area contributed by atoms with Gasteiger partial charge >= 0.3 is 5.97 Å². The van der Waals surface area contributed by atoms with Crippen LogP contribution in [-0.2, 0) is 22.5 Å². The average Bonchev–Trinajstić information content (AvgIpc) is 2.78. The van der Waals surface area contributed by atoms with Crippen molar-refractivity contribution < 1.29 is 19.1 Å². The fourth-order valence-corrected chi connectivity index (χ4v) is 3.49. The number of esters is 1. The third kappa shape index (κ3) is 4.45. The summed E-state index contributed by atoms with van der Waals surface area (Å²) in [6.07, 6.45) is 3.42. The number of amides is 2. The third-order valence-electron chi connectivity index (χ3n) is 5.14. The molecule has 1 atom stereocenters. The van der Waals surface area contributed by atoms with Crippen molar-refractivity contribution in [2.45, 2.75) is 25.5 Å². The molecule has 2 heterocycles. The number of benzene rings is 2. The van der Waals surface area contributed by atoms with Gasteiger partial charge in [0.15, 0.2) is 5.60 Å². The first-order valence-electron chi connectivity index (χ1n) is 9.84. The van der Waals surface area contributed by atoms with E-state index in [1.54, 1.807) is 61.8 Å². The maximum Gasteiger partial charge on any atom is 0.339 e. The summed E-state index contributed by atoms with van der Waals surface area (Å²) >= 11 is 0. The summed E-state index contributed by atoms with van der Waals surface area (Å²) in [5.74, 6) is -1.12. The molecule has 0 saturated heterocycles. The Balaban J connectivity index is 1.40. The molecule has 7 heteroatoms. The number of cyclic esters (lactones) is 1. The molecule has 2 aromatic carbocycles. The second-order valence-corrected chi connectivity index (χ2v) is 7.53. The van der Waals surface area contributed by atoms with Crippen LogP contribution in [0, 0.1) is 0 Å². The largest absolute Gasteiger partial charge is 0.445 e. The first kappa shape index (κ1) is 20.3. The lowest BCUT2D eigenvalue weighted by Crippen LogP contribution is -2.51. The zero-order valence-corrected chi connectivity index (χ0v) is 16.9. The topological polar surface area (TPSA) is 97.4 Å². The molecule has 1 aromatic heterocycles. The van der Waals surface area contributed by atoms with Crippen molar-refractivity contribution >= 4 is 23.5 Å². The van der Waals surface area contributed by atoms with E-state index in [1.807, 2.05) is 18.2 Å². The van der Waals surface area contributed by atoms with E-state index in [0.29, 0.717) is 23.2 Å². The van der Waals surface area contributed by atoms with Gasteiger partial charge in [0.25, 0.3) is 11.8 Å². The van der Waals surface area contributed by atoms with Crippen LogP contribution in [0.3, 0.4) is 0 Å². The van der Waals surface area contributed by atoms with E-state index in [-0.39, 0.29) is 18.4 Å². The normalized spacial score (nSPS) is 17.3. The molecule has 2 N–H and O–H groups in total. The molecule has 1 aliphatic rings. The van der Waals surface area contributed by atoms with Crippen molar-refractivity contribution in [2.75, 3.05) is 5.32 Å². The smallest absolute Gasteiger partial charge is 0.339 e. The first-order chi connectivity index (χ1) is 14.9. The van der Waals surface area contributed by atoms with Crippen LogP contribution in [0.1, 0.15) is 38.8 Å². The Bertz CT molecular complexity index is 1150. The number of anilines is 1. The molecule has 3 aromatic rings. The van der Waals surface area contributed by atoms with Crippen LogP contribution < -0.4 is 10.6 Å². The Morgan fingerprint density at radius 3 is 2.65 bits per heavy atom.